The van der Waals surface area contributed by atoms with Crippen LogP contribution in [0.15, 0.2) is 59.5 Å². The number of carbonyl (C=O) groups excluding carboxylic acids is 2. The van der Waals surface area contributed by atoms with Gasteiger partial charge in [-0.05, 0) is 31.5 Å². The predicted molar refractivity (Wildman–Crippen MR) is 101 cm³/mol. The molecule has 0 aromatic heterocycles. The zero-order chi connectivity index (χ0) is 19.9. The molecule has 2 N–H and O–H groups in total. The molecular weight excluding hydrogens is 368 g/mol. The quantitative estimate of drug-likeness (QED) is 0.706. The second-order valence-electron chi connectivity index (χ2n) is 5.89. The van der Waals surface area contributed by atoms with E-state index in [0.29, 0.717) is 0 Å². The average Bonchev–Trinajstić information content (AvgIpc) is 2.62. The van der Waals surface area contributed by atoms with Crippen LogP contribution in [0.25, 0.3) is 0 Å². The van der Waals surface area contributed by atoms with E-state index in [1.54, 1.807) is 43.3 Å². The van der Waals surface area contributed by atoms with Crippen LogP contribution in [-0.2, 0) is 26.0 Å². The number of urea groups is 1. The van der Waals surface area contributed by atoms with Gasteiger partial charge in [0, 0.05) is 6.42 Å². The molecule has 2 aromatic carbocycles. The number of aryl methyl sites for hydroxylation is 1. The fourth-order valence-corrected chi connectivity index (χ4v) is 3.29. The van der Waals surface area contributed by atoms with Gasteiger partial charge in [-0.3, -0.25) is 0 Å². The van der Waals surface area contributed by atoms with Crippen molar-refractivity contribution in [2.24, 2.45) is 0 Å². The highest BCUT2D eigenvalue weighted by Crippen LogP contribution is 2.10. The first kappa shape index (κ1) is 20.4. The Morgan fingerprint density at radius 3 is 2.26 bits per heavy atom. The Labute approximate surface area is 158 Å². The standard InChI is InChI=1S/C19H22N2O5S/c1-3-26-18(22)17(13-15-7-5-4-6-8-15)20-19(23)21-27(24,25)16-11-9-14(2)10-12-16/h4-12,17H,3,13H2,1-2H3,(H2,20,21,23)/t17-/m0/s1. The lowest BCUT2D eigenvalue weighted by molar-refractivity contribution is -0.145. The predicted octanol–water partition coefficient (Wildman–Crippen LogP) is 2.16. The van der Waals surface area contributed by atoms with E-state index in [0.717, 1.165) is 11.1 Å². The summed E-state index contributed by atoms with van der Waals surface area (Å²) in [7, 11) is -4.05. The highest BCUT2D eigenvalue weighted by atomic mass is 32.2. The summed E-state index contributed by atoms with van der Waals surface area (Å²) in [6.45, 7) is 3.62. The minimum Gasteiger partial charge on any atom is -0.464 e. The number of rotatable bonds is 7. The molecular formula is C19H22N2O5S. The van der Waals surface area contributed by atoms with Gasteiger partial charge in [0.05, 0.1) is 11.5 Å². The molecule has 0 heterocycles. The third kappa shape index (κ3) is 6.10. The van der Waals surface area contributed by atoms with Crippen molar-refractivity contribution >= 4 is 22.0 Å². The minimum atomic E-state index is -4.05. The highest BCUT2D eigenvalue weighted by molar-refractivity contribution is 7.90. The van der Waals surface area contributed by atoms with Gasteiger partial charge in [-0.2, -0.15) is 0 Å². The van der Waals surface area contributed by atoms with E-state index < -0.39 is 28.1 Å². The molecule has 1 atom stereocenters. The second kappa shape index (κ2) is 9.18. The van der Waals surface area contributed by atoms with Crippen molar-refractivity contribution in [2.75, 3.05) is 6.61 Å². The van der Waals surface area contributed by atoms with Crippen LogP contribution in [-0.4, -0.2) is 33.1 Å². The molecule has 0 aliphatic carbocycles. The van der Waals surface area contributed by atoms with E-state index in [1.165, 1.54) is 12.1 Å². The summed E-state index contributed by atoms with van der Waals surface area (Å²) in [5.41, 5.74) is 1.70. The zero-order valence-corrected chi connectivity index (χ0v) is 16.0. The smallest absolute Gasteiger partial charge is 0.329 e. The molecule has 0 aliphatic heterocycles. The fourth-order valence-electron chi connectivity index (χ4n) is 2.37. The Kier molecular flexibility index (Phi) is 6.95. The summed E-state index contributed by atoms with van der Waals surface area (Å²) >= 11 is 0. The van der Waals surface area contributed by atoms with Gasteiger partial charge in [0.25, 0.3) is 10.0 Å². The van der Waals surface area contributed by atoms with E-state index in [-0.39, 0.29) is 17.9 Å². The SMILES string of the molecule is CCOC(=O)[C@H](Cc1ccccc1)NC(=O)NS(=O)(=O)c1ccc(C)cc1. The van der Waals surface area contributed by atoms with Gasteiger partial charge >= 0.3 is 12.0 Å². The molecule has 2 aromatic rings. The van der Waals surface area contributed by atoms with Crippen molar-refractivity contribution in [1.82, 2.24) is 10.0 Å². The van der Waals surface area contributed by atoms with E-state index >= 15 is 0 Å². The lowest BCUT2D eigenvalue weighted by Crippen LogP contribution is -2.49. The van der Waals surface area contributed by atoms with Gasteiger partial charge in [-0.25, -0.2) is 22.7 Å². The number of ether oxygens (including phenoxy) is 1. The van der Waals surface area contributed by atoms with Gasteiger partial charge in [0.1, 0.15) is 6.04 Å². The van der Waals surface area contributed by atoms with Crippen LogP contribution in [0.2, 0.25) is 0 Å². The summed E-state index contributed by atoms with van der Waals surface area (Å²) in [6, 6.07) is 13.1. The molecule has 2 rings (SSSR count). The summed E-state index contributed by atoms with van der Waals surface area (Å²) in [5, 5.41) is 2.38. The third-order valence-electron chi connectivity index (χ3n) is 3.72. The number of esters is 1. The molecule has 2 amide bonds. The molecule has 0 fully saturated rings. The molecule has 144 valence electrons. The molecule has 0 radical (unpaired) electrons. The molecule has 27 heavy (non-hydrogen) atoms. The lowest BCUT2D eigenvalue weighted by Gasteiger charge is -2.18. The summed E-state index contributed by atoms with van der Waals surface area (Å²) in [6.07, 6.45) is 0.178. The molecule has 0 spiro atoms. The number of hydrogen-bond donors (Lipinski definition) is 2. The number of carbonyl (C=O) groups is 2. The van der Waals surface area contributed by atoms with Crippen LogP contribution in [0.1, 0.15) is 18.1 Å². The van der Waals surface area contributed by atoms with E-state index in [2.05, 4.69) is 5.32 Å². The lowest BCUT2D eigenvalue weighted by atomic mass is 10.1. The van der Waals surface area contributed by atoms with Gasteiger partial charge in [0.2, 0.25) is 0 Å². The van der Waals surface area contributed by atoms with Crippen LogP contribution in [0.3, 0.4) is 0 Å². The van der Waals surface area contributed by atoms with E-state index in [1.807, 2.05) is 17.7 Å². The van der Waals surface area contributed by atoms with Crippen LogP contribution in [0.4, 0.5) is 4.79 Å². The Bertz CT molecular complexity index is 880. The molecule has 0 bridgehead atoms. The first-order valence-corrected chi connectivity index (χ1v) is 9.90. The molecule has 0 aliphatic rings. The Balaban J connectivity index is 2.10. The van der Waals surface area contributed by atoms with Crippen LogP contribution >= 0.6 is 0 Å². The summed E-state index contributed by atoms with van der Waals surface area (Å²) < 4.78 is 31.5. The van der Waals surface area contributed by atoms with Crippen molar-refractivity contribution < 1.29 is 22.7 Å². The van der Waals surface area contributed by atoms with Crippen molar-refractivity contribution in [3.8, 4) is 0 Å². The van der Waals surface area contributed by atoms with Gasteiger partial charge in [-0.15, -0.1) is 0 Å². The molecule has 0 unspecified atom stereocenters. The normalized spacial score (nSPS) is 12.1. The van der Waals surface area contributed by atoms with Crippen LogP contribution in [0.5, 0.6) is 0 Å². The second-order valence-corrected chi connectivity index (χ2v) is 7.57. The number of amides is 2. The summed E-state index contributed by atoms with van der Waals surface area (Å²) in [5.74, 6) is -0.635. The first-order valence-electron chi connectivity index (χ1n) is 8.42. The van der Waals surface area contributed by atoms with Crippen molar-refractivity contribution in [2.45, 2.75) is 31.2 Å². The molecule has 0 saturated heterocycles. The van der Waals surface area contributed by atoms with Crippen LogP contribution in [0, 0.1) is 6.92 Å². The third-order valence-corrected chi connectivity index (χ3v) is 5.06. The number of benzene rings is 2. The molecule has 8 heteroatoms. The largest absolute Gasteiger partial charge is 0.464 e. The van der Waals surface area contributed by atoms with Crippen LogP contribution < -0.4 is 10.0 Å². The monoisotopic (exact) mass is 390 g/mol. The van der Waals surface area contributed by atoms with E-state index in [9.17, 15) is 18.0 Å². The van der Waals surface area contributed by atoms with Crippen molar-refractivity contribution in [3.05, 3.63) is 65.7 Å². The maximum Gasteiger partial charge on any atom is 0.329 e. The van der Waals surface area contributed by atoms with Gasteiger partial charge in [0.15, 0.2) is 0 Å². The van der Waals surface area contributed by atoms with E-state index in [4.69, 9.17) is 4.74 Å². The number of nitrogens with one attached hydrogen (secondary N) is 2. The maximum atomic E-state index is 12.3. The topological polar surface area (TPSA) is 102 Å². The van der Waals surface area contributed by atoms with Crippen molar-refractivity contribution in [1.29, 1.82) is 0 Å². The zero-order valence-electron chi connectivity index (χ0n) is 15.1. The number of sulfonamides is 1. The minimum absolute atomic E-state index is 0.0426. The van der Waals surface area contributed by atoms with Gasteiger partial charge in [-0.1, -0.05) is 48.0 Å². The molecule has 0 saturated carbocycles. The Morgan fingerprint density at radius 1 is 1.04 bits per heavy atom. The summed E-state index contributed by atoms with van der Waals surface area (Å²) in [4.78, 5) is 24.3. The maximum absolute atomic E-state index is 12.3. The Hall–Kier alpha value is -2.87. The highest BCUT2D eigenvalue weighted by Gasteiger charge is 2.25. The fraction of sp³-hybridized carbons (Fsp3) is 0.263. The number of hydrogen-bond acceptors (Lipinski definition) is 5. The van der Waals surface area contributed by atoms with Gasteiger partial charge < -0.3 is 10.1 Å². The Morgan fingerprint density at radius 2 is 1.67 bits per heavy atom. The first-order chi connectivity index (χ1) is 12.8. The van der Waals surface area contributed by atoms with Crippen molar-refractivity contribution in [3.63, 3.8) is 0 Å². The average molecular weight is 390 g/mol. The molecule has 7 nitrogen and oxygen atoms in total.